The number of ether oxygens (including phenoxy) is 5. The van der Waals surface area contributed by atoms with Crippen LogP contribution in [0.1, 0.15) is 106 Å². The molecule has 5 aliphatic carbocycles. The molecule has 0 spiro atoms. The minimum absolute atomic E-state index is 0.125. The molecule has 8 N–H and O–H groups in total. The summed E-state index contributed by atoms with van der Waals surface area (Å²) in [5.41, 5.74) is -1.85. The molecule has 4 saturated carbocycles. The standard InChI is InChI=1S/C43H68O15/c1-38(2)25-10-13-42(6)26(40(25,4)12-11-27(38)57-34-32(50)30(48)28(46)23(19-44)55-34)9-8-21-22-18-39(3,36(52)54-7)14-16-43(22,17-15-41(21,42)5)37(53)58-35-33(51)31(49)29(47)24(20-45)56-35/h8,22-35,44-51H,9-20H2,1-7H3/t22?,23-,24-,25?,26?,27+,28-,29-,30+,31+,32-,33-,34+,35+,39+,40+,41-,42-,43+/m1/s1. The van der Waals surface area contributed by atoms with E-state index in [0.717, 1.165) is 31.3 Å². The second kappa shape index (κ2) is 15.2. The Hall–Kier alpha value is -1.76. The van der Waals surface area contributed by atoms with Gasteiger partial charge < -0.3 is 64.5 Å². The minimum Gasteiger partial charge on any atom is -0.469 e. The number of fused-ring (bicyclic) bond motifs is 7. The molecule has 58 heavy (non-hydrogen) atoms. The highest BCUT2D eigenvalue weighted by atomic mass is 16.7. The highest BCUT2D eigenvalue weighted by molar-refractivity contribution is 5.81. The van der Waals surface area contributed by atoms with E-state index in [-0.39, 0.29) is 45.6 Å². The van der Waals surface area contributed by atoms with Gasteiger partial charge in [-0.15, -0.1) is 0 Å². The number of rotatable bonds is 7. The minimum atomic E-state index is -1.74. The van der Waals surface area contributed by atoms with E-state index < -0.39 is 97.3 Å². The van der Waals surface area contributed by atoms with Crippen LogP contribution in [0, 0.1) is 50.2 Å². The number of carbonyl (C=O) groups is 2. The summed E-state index contributed by atoms with van der Waals surface area (Å²) in [6.45, 7) is 12.2. The van der Waals surface area contributed by atoms with Gasteiger partial charge in [-0.05, 0) is 111 Å². The number of aliphatic hydroxyl groups is 8. The zero-order chi connectivity index (χ0) is 42.5. The molecule has 0 aromatic heterocycles. The van der Waals surface area contributed by atoms with Crippen LogP contribution in [-0.4, -0.2) is 141 Å². The third-order valence-corrected chi connectivity index (χ3v) is 17.7. The number of methoxy groups -OCH3 is 1. The van der Waals surface area contributed by atoms with Gasteiger partial charge in [-0.2, -0.15) is 0 Å². The average molecular weight is 825 g/mol. The zero-order valence-electron chi connectivity index (χ0n) is 35.1. The molecule has 3 unspecified atom stereocenters. The van der Waals surface area contributed by atoms with Gasteiger partial charge in [0.2, 0.25) is 6.29 Å². The Morgan fingerprint density at radius 1 is 0.707 bits per heavy atom. The molecule has 7 aliphatic rings. The summed E-state index contributed by atoms with van der Waals surface area (Å²) in [4.78, 5) is 28.1. The largest absolute Gasteiger partial charge is 0.469 e. The lowest BCUT2D eigenvalue weighted by Gasteiger charge is -2.71. The lowest BCUT2D eigenvalue weighted by Crippen LogP contribution is -2.66. The molecule has 2 heterocycles. The molecule has 0 aromatic rings. The van der Waals surface area contributed by atoms with Crippen LogP contribution in [0.3, 0.4) is 0 Å². The molecule has 0 bridgehead atoms. The summed E-state index contributed by atoms with van der Waals surface area (Å²) >= 11 is 0. The van der Waals surface area contributed by atoms with Gasteiger partial charge in [0, 0.05) is 0 Å². The van der Waals surface area contributed by atoms with E-state index in [0.29, 0.717) is 38.5 Å². The first-order chi connectivity index (χ1) is 27.1. The first-order valence-corrected chi connectivity index (χ1v) is 21.4. The Bertz CT molecular complexity index is 1600. The van der Waals surface area contributed by atoms with Gasteiger partial charge in [0.15, 0.2) is 6.29 Å². The van der Waals surface area contributed by atoms with Crippen LogP contribution >= 0.6 is 0 Å². The third kappa shape index (κ3) is 6.38. The zero-order valence-corrected chi connectivity index (χ0v) is 35.1. The normalized spacial score (nSPS) is 52.5. The fourth-order valence-corrected chi connectivity index (χ4v) is 13.8. The van der Waals surface area contributed by atoms with Crippen molar-refractivity contribution in [3.63, 3.8) is 0 Å². The monoisotopic (exact) mass is 824 g/mol. The predicted octanol–water partition coefficient (Wildman–Crippen LogP) is 1.47. The highest BCUT2D eigenvalue weighted by Crippen LogP contribution is 2.76. The third-order valence-electron chi connectivity index (χ3n) is 17.7. The Balaban J connectivity index is 1.19. The summed E-state index contributed by atoms with van der Waals surface area (Å²) < 4.78 is 29.2. The van der Waals surface area contributed by atoms with Crippen molar-refractivity contribution in [3.8, 4) is 0 Å². The molecule has 0 amide bonds. The van der Waals surface area contributed by atoms with Crippen LogP contribution in [0.15, 0.2) is 11.6 Å². The van der Waals surface area contributed by atoms with Crippen molar-refractivity contribution in [2.24, 2.45) is 50.2 Å². The van der Waals surface area contributed by atoms with Crippen LogP contribution in [0.25, 0.3) is 0 Å². The van der Waals surface area contributed by atoms with Gasteiger partial charge in [-0.3, -0.25) is 9.59 Å². The van der Waals surface area contributed by atoms with Crippen LogP contribution in [0.5, 0.6) is 0 Å². The van der Waals surface area contributed by atoms with Crippen LogP contribution in [0.2, 0.25) is 0 Å². The molecule has 2 saturated heterocycles. The van der Waals surface area contributed by atoms with Crippen molar-refractivity contribution < 1.29 is 74.1 Å². The van der Waals surface area contributed by atoms with E-state index in [9.17, 15) is 50.4 Å². The second-order valence-corrected chi connectivity index (χ2v) is 20.5. The number of aliphatic hydroxyl groups excluding tert-OH is 8. The molecule has 330 valence electrons. The molecule has 6 fully saturated rings. The van der Waals surface area contributed by atoms with Crippen molar-refractivity contribution in [1.82, 2.24) is 0 Å². The van der Waals surface area contributed by atoms with Crippen LogP contribution in [-0.2, 0) is 33.3 Å². The Morgan fingerprint density at radius 2 is 1.29 bits per heavy atom. The number of esters is 2. The van der Waals surface area contributed by atoms with Gasteiger partial charge >= 0.3 is 11.9 Å². The Labute approximate surface area is 341 Å². The number of carbonyl (C=O) groups excluding carboxylic acids is 2. The summed E-state index contributed by atoms with van der Waals surface area (Å²) in [7, 11) is 1.38. The maximum Gasteiger partial charge on any atom is 0.315 e. The number of hydrogen-bond donors (Lipinski definition) is 8. The molecule has 2 aliphatic heterocycles. The molecular weight excluding hydrogens is 756 g/mol. The van der Waals surface area contributed by atoms with E-state index >= 15 is 0 Å². The first kappa shape index (κ1) is 44.3. The number of allylic oxidation sites excluding steroid dienone is 2. The van der Waals surface area contributed by atoms with Crippen LogP contribution < -0.4 is 0 Å². The summed E-state index contributed by atoms with van der Waals surface area (Å²) in [5.74, 6) is -0.866. The predicted molar refractivity (Wildman–Crippen MR) is 204 cm³/mol. The van der Waals surface area contributed by atoms with Gasteiger partial charge in [0.1, 0.15) is 48.8 Å². The van der Waals surface area contributed by atoms with E-state index in [2.05, 4.69) is 40.7 Å². The average Bonchev–Trinajstić information content (AvgIpc) is 3.18. The second-order valence-electron chi connectivity index (χ2n) is 20.5. The maximum absolute atomic E-state index is 14.7. The SMILES string of the molecule is COC(=O)[C@@]1(C)CC[C@]2(C(=O)O[C@@H]3O[C@H](CO)[C@@H](O)[C@H](O)[C@H]3O)CC[C@]3(C)C(=CCC4[C@@]5(C)CC[C@H](O[C@@H]6O[C@H](CO)[C@@H](O)[C@H](O)[C@H]6O)C(C)(C)C5CC[C@]43C)C2C1. The fraction of sp³-hybridized carbons (Fsp3) is 0.907. The van der Waals surface area contributed by atoms with E-state index in [1.807, 2.05) is 6.92 Å². The van der Waals surface area contributed by atoms with Crippen molar-refractivity contribution in [2.75, 3.05) is 20.3 Å². The van der Waals surface area contributed by atoms with Crippen molar-refractivity contribution in [2.45, 2.75) is 173 Å². The Kier molecular flexibility index (Phi) is 11.6. The maximum atomic E-state index is 14.7. The van der Waals surface area contributed by atoms with Crippen molar-refractivity contribution in [3.05, 3.63) is 11.6 Å². The van der Waals surface area contributed by atoms with E-state index in [1.165, 1.54) is 7.11 Å². The van der Waals surface area contributed by atoms with Crippen molar-refractivity contribution in [1.29, 1.82) is 0 Å². The number of hydrogen-bond acceptors (Lipinski definition) is 15. The van der Waals surface area contributed by atoms with Crippen LogP contribution in [0.4, 0.5) is 0 Å². The van der Waals surface area contributed by atoms with E-state index in [4.69, 9.17) is 23.7 Å². The topological polar surface area (TPSA) is 242 Å². The molecule has 0 radical (unpaired) electrons. The van der Waals surface area contributed by atoms with Gasteiger partial charge in [-0.25, -0.2) is 0 Å². The summed E-state index contributed by atoms with van der Waals surface area (Å²) in [6, 6.07) is 0. The molecule has 15 nitrogen and oxygen atoms in total. The lowest BCUT2D eigenvalue weighted by atomic mass is 9.33. The quantitative estimate of drug-likeness (QED) is 0.103. The smallest absolute Gasteiger partial charge is 0.315 e. The molecule has 0 aromatic carbocycles. The molecule has 7 rings (SSSR count). The summed E-state index contributed by atoms with van der Waals surface area (Å²) in [5, 5.41) is 82.9. The first-order valence-electron chi connectivity index (χ1n) is 21.4. The van der Waals surface area contributed by atoms with Gasteiger partial charge in [0.25, 0.3) is 0 Å². The van der Waals surface area contributed by atoms with Gasteiger partial charge in [0.05, 0.1) is 37.3 Å². The van der Waals surface area contributed by atoms with Gasteiger partial charge in [-0.1, -0.05) is 46.3 Å². The lowest BCUT2D eigenvalue weighted by molar-refractivity contribution is -0.330. The fourth-order valence-electron chi connectivity index (χ4n) is 13.8. The molecule has 15 heteroatoms. The molecule has 19 atom stereocenters. The highest BCUT2D eigenvalue weighted by Gasteiger charge is 2.70. The van der Waals surface area contributed by atoms with E-state index in [1.54, 1.807) is 0 Å². The van der Waals surface area contributed by atoms with Crippen molar-refractivity contribution >= 4 is 11.9 Å². The summed E-state index contributed by atoms with van der Waals surface area (Å²) in [6.07, 6.45) is -6.37. The molecular formula is C43H68O15. The Morgan fingerprint density at radius 3 is 1.90 bits per heavy atom.